The molecule has 3 aromatic carbocycles. The van der Waals surface area contributed by atoms with Crippen molar-refractivity contribution in [1.29, 1.82) is 0 Å². The molecule has 0 aliphatic carbocycles. The normalized spacial score (nSPS) is 10.8. The van der Waals surface area contributed by atoms with Crippen LogP contribution in [-0.2, 0) is 11.3 Å². The molecule has 0 bridgehead atoms. The molecule has 0 atom stereocenters. The first-order chi connectivity index (χ1) is 13.6. The zero-order valence-electron chi connectivity index (χ0n) is 14.7. The minimum atomic E-state index is -0.482. The van der Waals surface area contributed by atoms with E-state index in [1.54, 1.807) is 24.3 Å². The fourth-order valence-electron chi connectivity index (χ4n) is 2.90. The molecular weight excluding hydrogens is 361 g/mol. The lowest BCUT2D eigenvalue weighted by Crippen LogP contribution is -2.26. The molecule has 0 fully saturated rings. The summed E-state index contributed by atoms with van der Waals surface area (Å²) in [5.41, 5.74) is 0.792. The van der Waals surface area contributed by atoms with Gasteiger partial charge in [0.25, 0.3) is 0 Å². The van der Waals surface area contributed by atoms with Crippen LogP contribution in [0.2, 0.25) is 0 Å². The summed E-state index contributed by atoms with van der Waals surface area (Å²) in [5, 5.41) is 2.76. The second kappa shape index (κ2) is 7.40. The summed E-state index contributed by atoms with van der Waals surface area (Å²) in [5.74, 6) is 0.253. The van der Waals surface area contributed by atoms with Crippen molar-refractivity contribution in [2.45, 2.75) is 6.54 Å². The van der Waals surface area contributed by atoms with Gasteiger partial charge in [0.15, 0.2) is 5.75 Å². The van der Waals surface area contributed by atoms with Crippen LogP contribution in [0.1, 0.15) is 0 Å². The predicted molar refractivity (Wildman–Crippen MR) is 104 cm³/mol. The summed E-state index contributed by atoms with van der Waals surface area (Å²) in [6, 6.07) is 20.1. The number of ether oxygens (including phenoxy) is 1. The van der Waals surface area contributed by atoms with Crippen molar-refractivity contribution in [3.05, 3.63) is 89.1 Å². The Labute approximate surface area is 159 Å². The fourth-order valence-corrected chi connectivity index (χ4v) is 2.90. The Bertz CT molecular complexity index is 1200. The lowest BCUT2D eigenvalue weighted by Gasteiger charge is -2.12. The van der Waals surface area contributed by atoms with E-state index < -0.39 is 17.4 Å². The van der Waals surface area contributed by atoms with Crippen molar-refractivity contribution in [2.75, 3.05) is 5.32 Å². The van der Waals surface area contributed by atoms with Crippen LogP contribution in [0.3, 0.4) is 0 Å². The van der Waals surface area contributed by atoms with Crippen LogP contribution in [0.5, 0.6) is 11.5 Å². The molecule has 140 valence electrons. The number of amides is 1. The smallest absolute Gasteiger partial charge is 0.326 e. The van der Waals surface area contributed by atoms with Crippen LogP contribution in [-0.4, -0.2) is 15.5 Å². The van der Waals surface area contributed by atoms with E-state index >= 15 is 0 Å². The second-order valence-electron chi connectivity index (χ2n) is 6.14. The van der Waals surface area contributed by atoms with Gasteiger partial charge >= 0.3 is 5.69 Å². The van der Waals surface area contributed by atoms with Gasteiger partial charge in [-0.15, -0.1) is 0 Å². The first-order valence-electron chi connectivity index (χ1n) is 8.60. The van der Waals surface area contributed by atoms with Gasteiger partial charge in [-0.2, -0.15) is 0 Å². The molecule has 0 saturated carbocycles. The van der Waals surface area contributed by atoms with E-state index in [0.29, 0.717) is 28.2 Å². The third-order valence-corrected chi connectivity index (χ3v) is 4.17. The molecule has 4 rings (SSSR count). The Morgan fingerprint density at radius 1 is 1.04 bits per heavy atom. The standard InChI is InChI=1S/C21H16FN3O3/c22-14-10-11-18-17(12-14)24-21(27)25(18)13-20(26)23-16-8-4-5-9-19(16)28-15-6-2-1-3-7-15/h1-12H,13H2,(H,23,26)(H,24,27). The third kappa shape index (κ3) is 3.64. The number of nitrogens with zero attached hydrogens (tertiary/aromatic N) is 1. The predicted octanol–water partition coefficient (Wildman–Crippen LogP) is 3.90. The summed E-state index contributed by atoms with van der Waals surface area (Å²) in [6.07, 6.45) is 0. The highest BCUT2D eigenvalue weighted by molar-refractivity contribution is 5.93. The number of imidazole rings is 1. The number of aromatic amines is 1. The minimum absolute atomic E-state index is 0.218. The van der Waals surface area contributed by atoms with Crippen molar-refractivity contribution in [3.8, 4) is 11.5 Å². The molecule has 0 spiro atoms. The van der Waals surface area contributed by atoms with E-state index in [9.17, 15) is 14.0 Å². The van der Waals surface area contributed by atoms with Crippen molar-refractivity contribution in [1.82, 2.24) is 9.55 Å². The van der Waals surface area contributed by atoms with Crippen LogP contribution < -0.4 is 15.7 Å². The molecule has 0 aliphatic rings. The maximum atomic E-state index is 13.3. The summed E-state index contributed by atoms with van der Waals surface area (Å²) >= 11 is 0. The Morgan fingerprint density at radius 3 is 2.61 bits per heavy atom. The molecule has 4 aromatic rings. The first kappa shape index (κ1) is 17.5. The van der Waals surface area contributed by atoms with Gasteiger partial charge in [-0.05, 0) is 42.5 Å². The molecule has 1 aromatic heterocycles. The molecule has 2 N–H and O–H groups in total. The molecule has 0 aliphatic heterocycles. The maximum Gasteiger partial charge on any atom is 0.326 e. The maximum absolute atomic E-state index is 13.3. The van der Waals surface area contributed by atoms with E-state index in [1.165, 1.54) is 22.8 Å². The lowest BCUT2D eigenvalue weighted by atomic mass is 10.2. The number of benzene rings is 3. The topological polar surface area (TPSA) is 76.1 Å². The van der Waals surface area contributed by atoms with Gasteiger partial charge in [0.2, 0.25) is 5.91 Å². The van der Waals surface area contributed by atoms with Gasteiger partial charge in [-0.1, -0.05) is 30.3 Å². The molecule has 7 heteroatoms. The number of aromatic nitrogens is 2. The van der Waals surface area contributed by atoms with Crippen molar-refractivity contribution in [2.24, 2.45) is 0 Å². The summed E-state index contributed by atoms with van der Waals surface area (Å²) in [4.78, 5) is 27.2. The monoisotopic (exact) mass is 377 g/mol. The first-order valence-corrected chi connectivity index (χ1v) is 8.60. The average Bonchev–Trinajstić information content (AvgIpc) is 2.98. The summed E-state index contributed by atoms with van der Waals surface area (Å²) in [7, 11) is 0. The highest BCUT2D eigenvalue weighted by atomic mass is 19.1. The quantitative estimate of drug-likeness (QED) is 0.554. The number of fused-ring (bicyclic) bond motifs is 1. The largest absolute Gasteiger partial charge is 0.455 e. The van der Waals surface area contributed by atoms with E-state index in [2.05, 4.69) is 10.3 Å². The molecule has 0 unspecified atom stereocenters. The van der Waals surface area contributed by atoms with Crippen molar-refractivity contribution in [3.63, 3.8) is 0 Å². The molecule has 1 heterocycles. The Morgan fingerprint density at radius 2 is 1.79 bits per heavy atom. The fraction of sp³-hybridized carbons (Fsp3) is 0.0476. The molecule has 1 amide bonds. The number of hydrogen-bond donors (Lipinski definition) is 2. The van der Waals surface area contributed by atoms with Gasteiger partial charge in [0.05, 0.1) is 16.7 Å². The number of para-hydroxylation sites is 3. The number of halogens is 1. The molecule has 28 heavy (non-hydrogen) atoms. The number of hydrogen-bond acceptors (Lipinski definition) is 3. The number of nitrogens with one attached hydrogen (secondary N) is 2. The third-order valence-electron chi connectivity index (χ3n) is 4.17. The van der Waals surface area contributed by atoms with Crippen molar-refractivity contribution < 1.29 is 13.9 Å². The van der Waals surface area contributed by atoms with Gasteiger partial charge in [0, 0.05) is 0 Å². The number of anilines is 1. The van der Waals surface area contributed by atoms with Crippen LogP contribution in [0.25, 0.3) is 11.0 Å². The lowest BCUT2D eigenvalue weighted by molar-refractivity contribution is -0.116. The number of rotatable bonds is 5. The summed E-state index contributed by atoms with van der Waals surface area (Å²) < 4.78 is 20.4. The average molecular weight is 377 g/mol. The van der Waals surface area contributed by atoms with Gasteiger partial charge in [0.1, 0.15) is 18.1 Å². The molecule has 6 nitrogen and oxygen atoms in total. The molecule has 0 radical (unpaired) electrons. The minimum Gasteiger partial charge on any atom is -0.455 e. The molecule has 0 saturated heterocycles. The Kier molecular flexibility index (Phi) is 4.63. The van der Waals surface area contributed by atoms with E-state index in [0.717, 1.165) is 0 Å². The van der Waals surface area contributed by atoms with Gasteiger partial charge < -0.3 is 15.0 Å². The van der Waals surface area contributed by atoms with Crippen LogP contribution in [0.4, 0.5) is 10.1 Å². The SMILES string of the molecule is O=C(Cn1c(=O)[nH]c2cc(F)ccc21)Nc1ccccc1Oc1ccccc1. The van der Waals surface area contributed by atoms with Crippen molar-refractivity contribution >= 4 is 22.6 Å². The number of H-pyrrole nitrogens is 1. The zero-order chi connectivity index (χ0) is 19.5. The van der Waals surface area contributed by atoms with E-state index in [1.807, 2.05) is 30.3 Å². The second-order valence-corrected chi connectivity index (χ2v) is 6.14. The van der Waals surface area contributed by atoms with Crippen LogP contribution in [0, 0.1) is 5.82 Å². The Balaban J connectivity index is 1.55. The van der Waals surface area contributed by atoms with Gasteiger partial charge in [-0.3, -0.25) is 9.36 Å². The molecular formula is C21H16FN3O3. The number of carbonyl (C=O) groups excluding carboxylic acids is 1. The van der Waals surface area contributed by atoms with E-state index in [-0.39, 0.29) is 6.54 Å². The number of carbonyl (C=O) groups is 1. The van der Waals surface area contributed by atoms with E-state index in [4.69, 9.17) is 4.74 Å². The van der Waals surface area contributed by atoms with Crippen LogP contribution >= 0.6 is 0 Å². The van der Waals surface area contributed by atoms with Gasteiger partial charge in [-0.25, -0.2) is 9.18 Å². The Hall–Kier alpha value is -3.87. The summed E-state index contributed by atoms with van der Waals surface area (Å²) in [6.45, 7) is -0.218. The zero-order valence-corrected chi connectivity index (χ0v) is 14.7. The highest BCUT2D eigenvalue weighted by Gasteiger charge is 2.13. The highest BCUT2D eigenvalue weighted by Crippen LogP contribution is 2.29. The van der Waals surface area contributed by atoms with Crippen LogP contribution in [0.15, 0.2) is 77.6 Å².